The molecule has 4 aromatic rings. The molecular formula is C44H29N5O6. The number of anilines is 1. The van der Waals surface area contributed by atoms with Gasteiger partial charge in [-0.25, -0.2) is 20.0 Å². The van der Waals surface area contributed by atoms with Gasteiger partial charge in [0.25, 0.3) is 0 Å². The van der Waals surface area contributed by atoms with Gasteiger partial charge >= 0.3 is 0 Å². The molecule has 5 aliphatic heterocycles. The molecule has 4 aromatic carbocycles. The monoisotopic (exact) mass is 723 g/mol. The Bertz CT molecular complexity index is 2690. The van der Waals surface area contributed by atoms with Gasteiger partial charge in [0.05, 0.1) is 45.6 Å². The van der Waals surface area contributed by atoms with Gasteiger partial charge < -0.3 is 36.4 Å². The molecule has 0 atom stereocenters. The smallest absolute Gasteiger partial charge is 0.119 e. The number of hydrogen-bond donors (Lipinski definition) is 7. The number of nitrogens with zero attached hydrogens (tertiary/aromatic N) is 4. The predicted octanol–water partition coefficient (Wildman–Crippen LogP) is 7.50. The molecule has 0 saturated heterocycles. The summed E-state index contributed by atoms with van der Waals surface area (Å²) in [7, 11) is 0. The van der Waals surface area contributed by atoms with E-state index in [1.54, 1.807) is 36.4 Å². The van der Waals surface area contributed by atoms with Crippen LogP contribution in [-0.2, 0) is 0 Å². The van der Waals surface area contributed by atoms with Crippen molar-refractivity contribution in [1.29, 1.82) is 0 Å². The van der Waals surface area contributed by atoms with Crippen LogP contribution in [0.1, 0.15) is 22.3 Å². The molecule has 0 saturated carbocycles. The van der Waals surface area contributed by atoms with Crippen LogP contribution in [0.15, 0.2) is 170 Å². The van der Waals surface area contributed by atoms with Gasteiger partial charge in [0.15, 0.2) is 0 Å². The Morgan fingerprint density at radius 1 is 0.309 bits per heavy atom. The Kier molecular flexibility index (Phi) is 7.57. The first-order valence-corrected chi connectivity index (χ1v) is 17.1. The van der Waals surface area contributed by atoms with Crippen molar-refractivity contribution in [3.8, 4) is 34.5 Å². The minimum absolute atomic E-state index is 0.154. The first-order chi connectivity index (χ1) is 26.6. The molecule has 0 aliphatic carbocycles. The fourth-order valence-electron chi connectivity index (χ4n) is 7.14. The quantitative estimate of drug-likeness (QED) is 0.106. The lowest BCUT2D eigenvalue weighted by Crippen LogP contribution is -2.04. The Morgan fingerprint density at radius 2 is 0.564 bits per heavy atom. The first-order valence-electron chi connectivity index (χ1n) is 17.1. The van der Waals surface area contributed by atoms with Crippen LogP contribution in [0.3, 0.4) is 0 Å². The number of fused-ring (bicyclic) bond motifs is 4. The maximum Gasteiger partial charge on any atom is 0.119 e. The second-order valence-corrected chi connectivity index (χ2v) is 13.2. The highest BCUT2D eigenvalue weighted by molar-refractivity contribution is 6.39. The lowest BCUT2D eigenvalue weighted by molar-refractivity contribution is 0.449. The van der Waals surface area contributed by atoms with E-state index in [2.05, 4.69) is 0 Å². The van der Waals surface area contributed by atoms with E-state index in [0.717, 1.165) is 5.56 Å². The third kappa shape index (κ3) is 6.01. The zero-order valence-corrected chi connectivity index (χ0v) is 28.7. The van der Waals surface area contributed by atoms with E-state index in [0.29, 0.717) is 90.3 Å². The van der Waals surface area contributed by atoms with E-state index in [1.165, 1.54) is 54.6 Å². The van der Waals surface area contributed by atoms with E-state index >= 15 is 0 Å². The zero-order valence-electron chi connectivity index (χ0n) is 28.7. The van der Waals surface area contributed by atoms with Crippen molar-refractivity contribution in [2.75, 3.05) is 5.73 Å². The molecule has 266 valence electrons. The summed E-state index contributed by atoms with van der Waals surface area (Å²) in [6.45, 7) is 0. The molecular weight excluding hydrogens is 695 g/mol. The van der Waals surface area contributed by atoms with E-state index < -0.39 is 0 Å². The molecule has 0 radical (unpaired) electrons. The number of phenols is 6. The van der Waals surface area contributed by atoms with Crippen LogP contribution < -0.4 is 5.73 Å². The molecule has 0 fully saturated rings. The average Bonchev–Trinajstić information content (AvgIpc) is 3.95. The van der Waals surface area contributed by atoms with Crippen molar-refractivity contribution in [1.82, 2.24) is 0 Å². The zero-order chi connectivity index (χ0) is 38.0. The minimum Gasteiger partial charge on any atom is -0.508 e. The lowest BCUT2D eigenvalue weighted by atomic mass is 9.98. The number of hydrogen-bond acceptors (Lipinski definition) is 11. The number of rotatable bonds is 4. The highest BCUT2D eigenvalue weighted by Gasteiger charge is 2.28. The maximum absolute atomic E-state index is 10.6. The van der Waals surface area contributed by atoms with Crippen molar-refractivity contribution >= 4 is 50.8 Å². The van der Waals surface area contributed by atoms with Gasteiger partial charge in [0.1, 0.15) is 34.5 Å². The lowest BCUT2D eigenvalue weighted by Gasteiger charge is -2.13. The molecule has 5 heterocycles. The standard InChI is InChI=1S/C44H29N5O6/c45-26-3-1-22(2-4-26)41-33-5-7-35(46-33)42(23-13-27(50)19-28(51)14-23)37-9-11-39(48-37)44(25-17-31(54)21-32(55)18-25)40-12-10-38(49-40)43(36-8-6-34(41)47-36)24-15-29(52)20-30(53)16-24/h1-21,50-55H,45H2. The molecule has 0 amide bonds. The van der Waals surface area contributed by atoms with Crippen molar-refractivity contribution in [3.05, 3.63) is 173 Å². The fraction of sp³-hybridized carbons (Fsp3) is 0. The highest BCUT2D eigenvalue weighted by atomic mass is 16.3. The van der Waals surface area contributed by atoms with Crippen LogP contribution in [0.25, 0.3) is 22.3 Å². The summed E-state index contributed by atoms with van der Waals surface area (Å²) < 4.78 is 0. The van der Waals surface area contributed by atoms with Crippen molar-refractivity contribution in [2.45, 2.75) is 0 Å². The van der Waals surface area contributed by atoms with E-state index in [4.69, 9.17) is 25.7 Å². The number of nitrogens with two attached hydrogens (primary N) is 1. The maximum atomic E-state index is 10.6. The van der Waals surface area contributed by atoms with Gasteiger partial charge in [0, 0.05) is 46.2 Å². The summed E-state index contributed by atoms with van der Waals surface area (Å²) in [5.74, 6) is -0.961. The van der Waals surface area contributed by atoms with Crippen LogP contribution in [0.2, 0.25) is 0 Å². The van der Waals surface area contributed by atoms with E-state index in [-0.39, 0.29) is 34.5 Å². The number of phenolic OH excluding ortho intramolecular Hbond substituents is 6. The van der Waals surface area contributed by atoms with Gasteiger partial charge in [0.2, 0.25) is 0 Å². The summed E-state index contributed by atoms with van der Waals surface area (Å²) >= 11 is 0. The van der Waals surface area contributed by atoms with Crippen LogP contribution in [0.4, 0.5) is 5.69 Å². The second-order valence-electron chi connectivity index (χ2n) is 13.2. The molecule has 5 aliphatic rings. The largest absolute Gasteiger partial charge is 0.508 e. The Morgan fingerprint density at radius 3 is 0.836 bits per heavy atom. The third-order valence-corrected chi connectivity index (χ3v) is 9.38. The van der Waals surface area contributed by atoms with Crippen LogP contribution in [0, 0.1) is 0 Å². The van der Waals surface area contributed by atoms with Crippen molar-refractivity contribution in [3.63, 3.8) is 0 Å². The van der Waals surface area contributed by atoms with Gasteiger partial charge in [-0.2, -0.15) is 0 Å². The SMILES string of the molecule is Nc1ccc(C2=C3C=CC(=N3)C(c3cc(O)cc(O)c3)=C3C=CC(=N3)C(c3cc(O)cc(O)c3)=C3C=CC(=N3)C(c3cc(O)cc(O)c3)=C3C=CC2=N3)cc1. The molecule has 0 unspecified atom stereocenters. The number of allylic oxidation sites excluding steroid dienone is 12. The predicted molar refractivity (Wildman–Crippen MR) is 214 cm³/mol. The van der Waals surface area contributed by atoms with Crippen molar-refractivity contribution < 1.29 is 30.6 Å². The Labute approximate surface area is 313 Å². The Hall–Kier alpha value is -7.92. The molecule has 0 spiro atoms. The molecule has 55 heavy (non-hydrogen) atoms. The van der Waals surface area contributed by atoms with Gasteiger partial charge in [-0.15, -0.1) is 0 Å². The Balaban J connectivity index is 1.39. The van der Waals surface area contributed by atoms with Gasteiger partial charge in [-0.3, -0.25) is 0 Å². The molecule has 9 rings (SSSR count). The highest BCUT2D eigenvalue weighted by Crippen LogP contribution is 2.41. The summed E-state index contributed by atoms with van der Waals surface area (Å²) in [6.07, 6.45) is 14.5. The van der Waals surface area contributed by atoms with E-state index in [9.17, 15) is 30.6 Å². The van der Waals surface area contributed by atoms with Crippen LogP contribution in [0.5, 0.6) is 34.5 Å². The number of nitrogen functional groups attached to an aromatic ring is 1. The minimum atomic E-state index is -0.173. The molecule has 11 nitrogen and oxygen atoms in total. The normalized spacial score (nSPS) is 17.1. The topological polar surface area (TPSA) is 197 Å². The van der Waals surface area contributed by atoms with Crippen LogP contribution in [-0.4, -0.2) is 53.5 Å². The van der Waals surface area contributed by atoms with E-state index in [1.807, 2.05) is 36.4 Å². The molecule has 11 heteroatoms. The van der Waals surface area contributed by atoms with Gasteiger partial charge in [-0.1, -0.05) is 12.1 Å². The number of benzene rings is 4. The summed E-state index contributed by atoms with van der Waals surface area (Å²) in [5.41, 5.74) is 14.9. The third-order valence-electron chi connectivity index (χ3n) is 9.38. The molecule has 0 aromatic heterocycles. The number of aromatic hydroxyl groups is 6. The summed E-state index contributed by atoms with van der Waals surface area (Å²) in [4.78, 5) is 20.3. The molecule has 8 bridgehead atoms. The summed E-state index contributed by atoms with van der Waals surface area (Å²) in [5, 5.41) is 63.5. The molecule has 8 N–H and O–H groups in total. The number of aliphatic imine (C=N–C) groups is 4. The fourth-order valence-corrected chi connectivity index (χ4v) is 7.14. The first kappa shape index (κ1) is 33.0. The summed E-state index contributed by atoms with van der Waals surface area (Å²) in [6, 6.07) is 20.1. The van der Waals surface area contributed by atoms with Gasteiger partial charge in [-0.05, 0) is 119 Å². The second kappa shape index (κ2) is 12.6. The van der Waals surface area contributed by atoms with Crippen molar-refractivity contribution in [2.24, 2.45) is 20.0 Å². The van der Waals surface area contributed by atoms with Crippen LogP contribution >= 0.6 is 0 Å². The average molecular weight is 724 g/mol.